The molecule has 2 aromatic heterocycles. The number of nitrogens with zero attached hydrogens (tertiary/aromatic N) is 1. The third-order valence-electron chi connectivity index (χ3n) is 3.25. The summed E-state index contributed by atoms with van der Waals surface area (Å²) in [5.74, 6) is 0.939. The number of hydrogen-bond donors (Lipinski definition) is 1. The van der Waals surface area contributed by atoms with E-state index in [9.17, 15) is 0 Å². The lowest BCUT2D eigenvalue weighted by molar-refractivity contribution is 1.07. The highest BCUT2D eigenvalue weighted by Gasteiger charge is 2.03. The van der Waals surface area contributed by atoms with Gasteiger partial charge in [-0.3, -0.25) is 0 Å². The SMILES string of the molecule is CCc1ccsc1CNc1ccc2ccccc2n1. The van der Waals surface area contributed by atoms with E-state index in [-0.39, 0.29) is 0 Å². The fraction of sp³-hybridized carbons (Fsp3) is 0.188. The summed E-state index contributed by atoms with van der Waals surface area (Å²) in [6.45, 7) is 3.05. The van der Waals surface area contributed by atoms with Crippen molar-refractivity contribution in [3.8, 4) is 0 Å². The van der Waals surface area contributed by atoms with Crippen LogP contribution < -0.4 is 5.32 Å². The Morgan fingerprint density at radius 1 is 1.11 bits per heavy atom. The lowest BCUT2D eigenvalue weighted by Crippen LogP contribution is -2.01. The molecule has 3 rings (SSSR count). The van der Waals surface area contributed by atoms with Crippen LogP contribution in [0.2, 0.25) is 0 Å². The highest BCUT2D eigenvalue weighted by atomic mass is 32.1. The van der Waals surface area contributed by atoms with Gasteiger partial charge in [0, 0.05) is 10.3 Å². The topological polar surface area (TPSA) is 24.9 Å². The summed E-state index contributed by atoms with van der Waals surface area (Å²) in [7, 11) is 0. The Kier molecular flexibility index (Phi) is 3.47. The number of aromatic nitrogens is 1. The van der Waals surface area contributed by atoms with Crippen molar-refractivity contribution in [3.63, 3.8) is 0 Å². The lowest BCUT2D eigenvalue weighted by atomic mass is 10.2. The van der Waals surface area contributed by atoms with E-state index in [0.717, 1.165) is 24.3 Å². The minimum Gasteiger partial charge on any atom is -0.365 e. The summed E-state index contributed by atoms with van der Waals surface area (Å²) in [6.07, 6.45) is 1.09. The molecular formula is C16H16N2S. The number of nitrogens with one attached hydrogen (secondary N) is 1. The van der Waals surface area contributed by atoms with Crippen molar-refractivity contribution in [2.75, 3.05) is 5.32 Å². The zero-order valence-corrected chi connectivity index (χ0v) is 11.7. The van der Waals surface area contributed by atoms with Crippen LogP contribution in [0, 0.1) is 0 Å². The molecule has 19 heavy (non-hydrogen) atoms. The molecule has 0 fully saturated rings. The van der Waals surface area contributed by atoms with E-state index in [1.165, 1.54) is 15.8 Å². The molecule has 0 amide bonds. The number of rotatable bonds is 4. The number of anilines is 1. The summed E-state index contributed by atoms with van der Waals surface area (Å²) in [6, 6.07) is 14.5. The van der Waals surface area contributed by atoms with Crippen molar-refractivity contribution >= 4 is 28.1 Å². The molecule has 2 heterocycles. The first kappa shape index (κ1) is 12.2. The van der Waals surface area contributed by atoms with Crippen LogP contribution in [0.5, 0.6) is 0 Å². The molecule has 0 aliphatic rings. The normalized spacial score (nSPS) is 10.8. The molecule has 1 N–H and O–H groups in total. The van der Waals surface area contributed by atoms with Crippen LogP contribution in [-0.2, 0) is 13.0 Å². The molecular weight excluding hydrogens is 252 g/mol. The first-order valence-corrected chi connectivity index (χ1v) is 7.39. The summed E-state index contributed by atoms with van der Waals surface area (Å²) in [5.41, 5.74) is 2.47. The smallest absolute Gasteiger partial charge is 0.126 e. The predicted molar refractivity (Wildman–Crippen MR) is 82.8 cm³/mol. The van der Waals surface area contributed by atoms with Gasteiger partial charge in [-0.05, 0) is 41.6 Å². The number of benzene rings is 1. The number of hydrogen-bond acceptors (Lipinski definition) is 3. The van der Waals surface area contributed by atoms with E-state index in [2.05, 4.69) is 40.8 Å². The monoisotopic (exact) mass is 268 g/mol. The van der Waals surface area contributed by atoms with E-state index in [0.29, 0.717) is 0 Å². The van der Waals surface area contributed by atoms with Crippen molar-refractivity contribution in [3.05, 3.63) is 58.3 Å². The average Bonchev–Trinajstić information content (AvgIpc) is 2.92. The molecule has 3 aromatic rings. The van der Waals surface area contributed by atoms with Gasteiger partial charge in [-0.2, -0.15) is 0 Å². The van der Waals surface area contributed by atoms with Gasteiger partial charge in [-0.1, -0.05) is 25.1 Å². The minimum absolute atomic E-state index is 0.853. The van der Waals surface area contributed by atoms with Crippen LogP contribution in [-0.4, -0.2) is 4.98 Å². The molecule has 96 valence electrons. The largest absolute Gasteiger partial charge is 0.365 e. The van der Waals surface area contributed by atoms with Gasteiger partial charge < -0.3 is 5.32 Å². The highest BCUT2D eigenvalue weighted by Crippen LogP contribution is 2.20. The van der Waals surface area contributed by atoms with Gasteiger partial charge in [0.2, 0.25) is 0 Å². The quantitative estimate of drug-likeness (QED) is 0.755. The first-order chi connectivity index (χ1) is 9.36. The number of pyridine rings is 1. The Balaban J connectivity index is 1.78. The van der Waals surface area contributed by atoms with Crippen molar-refractivity contribution in [1.29, 1.82) is 0 Å². The molecule has 0 atom stereocenters. The van der Waals surface area contributed by atoms with Crippen molar-refractivity contribution < 1.29 is 0 Å². The van der Waals surface area contributed by atoms with Gasteiger partial charge in [0.15, 0.2) is 0 Å². The summed E-state index contributed by atoms with van der Waals surface area (Å²) in [4.78, 5) is 6.02. The van der Waals surface area contributed by atoms with Crippen LogP contribution in [0.25, 0.3) is 10.9 Å². The average molecular weight is 268 g/mol. The zero-order valence-electron chi connectivity index (χ0n) is 10.9. The van der Waals surface area contributed by atoms with Crippen LogP contribution in [0.4, 0.5) is 5.82 Å². The molecule has 0 aliphatic carbocycles. The number of thiophene rings is 1. The second-order valence-corrected chi connectivity index (χ2v) is 5.47. The van der Waals surface area contributed by atoms with Crippen LogP contribution in [0.3, 0.4) is 0 Å². The molecule has 0 spiro atoms. The summed E-state index contributed by atoms with van der Waals surface area (Å²) >= 11 is 1.81. The molecule has 0 saturated heterocycles. The maximum absolute atomic E-state index is 4.62. The molecule has 0 bridgehead atoms. The second kappa shape index (κ2) is 5.41. The Hall–Kier alpha value is -1.87. The highest BCUT2D eigenvalue weighted by molar-refractivity contribution is 7.10. The summed E-state index contributed by atoms with van der Waals surface area (Å²) in [5, 5.41) is 6.75. The third kappa shape index (κ3) is 2.61. The predicted octanol–water partition coefficient (Wildman–Crippen LogP) is 4.47. The Bertz CT molecular complexity index is 688. The standard InChI is InChI=1S/C16H16N2S/c1-2-12-9-10-19-15(12)11-17-16-8-7-13-5-3-4-6-14(13)18-16/h3-10H,2,11H2,1H3,(H,17,18). The third-order valence-corrected chi connectivity index (χ3v) is 4.21. The Labute approximate surface area is 117 Å². The fourth-order valence-corrected chi connectivity index (χ4v) is 3.09. The van der Waals surface area contributed by atoms with Gasteiger partial charge in [0.1, 0.15) is 5.82 Å². The fourth-order valence-electron chi connectivity index (χ4n) is 2.17. The van der Waals surface area contributed by atoms with E-state index in [1.807, 2.05) is 24.3 Å². The van der Waals surface area contributed by atoms with E-state index in [4.69, 9.17) is 0 Å². The van der Waals surface area contributed by atoms with Gasteiger partial charge in [0.25, 0.3) is 0 Å². The maximum Gasteiger partial charge on any atom is 0.126 e. The molecule has 0 saturated carbocycles. The lowest BCUT2D eigenvalue weighted by Gasteiger charge is -2.07. The molecule has 0 radical (unpaired) electrons. The van der Waals surface area contributed by atoms with Crippen molar-refractivity contribution in [2.45, 2.75) is 19.9 Å². The van der Waals surface area contributed by atoms with Gasteiger partial charge in [-0.25, -0.2) is 4.98 Å². The zero-order chi connectivity index (χ0) is 13.1. The maximum atomic E-state index is 4.62. The first-order valence-electron chi connectivity index (χ1n) is 6.51. The van der Waals surface area contributed by atoms with Gasteiger partial charge in [-0.15, -0.1) is 11.3 Å². The van der Waals surface area contributed by atoms with Crippen LogP contribution in [0.15, 0.2) is 47.8 Å². The summed E-state index contributed by atoms with van der Waals surface area (Å²) < 4.78 is 0. The van der Waals surface area contributed by atoms with E-state index >= 15 is 0 Å². The van der Waals surface area contributed by atoms with E-state index < -0.39 is 0 Å². The second-order valence-electron chi connectivity index (χ2n) is 4.47. The Morgan fingerprint density at radius 2 is 2.00 bits per heavy atom. The van der Waals surface area contributed by atoms with Crippen LogP contribution in [0.1, 0.15) is 17.4 Å². The van der Waals surface area contributed by atoms with Crippen molar-refractivity contribution in [1.82, 2.24) is 4.98 Å². The molecule has 0 aliphatic heterocycles. The Morgan fingerprint density at radius 3 is 2.89 bits per heavy atom. The van der Waals surface area contributed by atoms with Gasteiger partial charge >= 0.3 is 0 Å². The molecule has 2 nitrogen and oxygen atoms in total. The molecule has 1 aromatic carbocycles. The molecule has 0 unspecified atom stereocenters. The van der Waals surface area contributed by atoms with Crippen LogP contribution >= 0.6 is 11.3 Å². The number of aryl methyl sites for hydroxylation is 1. The number of fused-ring (bicyclic) bond motifs is 1. The van der Waals surface area contributed by atoms with Crippen molar-refractivity contribution in [2.24, 2.45) is 0 Å². The van der Waals surface area contributed by atoms with E-state index in [1.54, 1.807) is 11.3 Å². The minimum atomic E-state index is 0.853. The number of para-hydroxylation sites is 1. The van der Waals surface area contributed by atoms with Gasteiger partial charge in [0.05, 0.1) is 12.1 Å². The molecule has 3 heteroatoms.